The Bertz CT molecular complexity index is 222. The van der Waals surface area contributed by atoms with Gasteiger partial charge in [-0.25, -0.2) is 0 Å². The molecular formula is C10H20N2O2. The van der Waals surface area contributed by atoms with Gasteiger partial charge in [-0.15, -0.1) is 0 Å². The lowest BCUT2D eigenvalue weighted by Crippen LogP contribution is -2.54. The Morgan fingerprint density at radius 1 is 1.29 bits per heavy atom. The van der Waals surface area contributed by atoms with Crippen LogP contribution in [0.4, 0.5) is 0 Å². The number of hydrogen-bond donors (Lipinski definition) is 2. The van der Waals surface area contributed by atoms with E-state index >= 15 is 0 Å². The molecule has 14 heavy (non-hydrogen) atoms. The zero-order valence-electron chi connectivity index (χ0n) is 9.60. The highest BCUT2D eigenvalue weighted by Gasteiger charge is 2.28. The molecule has 0 saturated carbocycles. The molecule has 0 saturated heterocycles. The van der Waals surface area contributed by atoms with E-state index in [-0.39, 0.29) is 11.8 Å². The van der Waals surface area contributed by atoms with Crippen molar-refractivity contribution in [2.75, 3.05) is 7.05 Å². The fourth-order valence-electron chi connectivity index (χ4n) is 1.14. The first kappa shape index (κ1) is 12.9. The third-order valence-corrected chi connectivity index (χ3v) is 1.84. The van der Waals surface area contributed by atoms with Gasteiger partial charge in [-0.1, -0.05) is 13.8 Å². The van der Waals surface area contributed by atoms with E-state index in [0.29, 0.717) is 12.3 Å². The Morgan fingerprint density at radius 3 is 2.14 bits per heavy atom. The third kappa shape index (κ3) is 4.25. The van der Waals surface area contributed by atoms with Crippen LogP contribution in [0, 0.1) is 5.92 Å². The number of amides is 2. The summed E-state index contributed by atoms with van der Waals surface area (Å²) in [4.78, 5) is 22.7. The Morgan fingerprint density at radius 2 is 1.79 bits per heavy atom. The zero-order chi connectivity index (χ0) is 11.4. The lowest BCUT2D eigenvalue weighted by Gasteiger charge is -2.24. The summed E-state index contributed by atoms with van der Waals surface area (Å²) in [7, 11) is 1.55. The lowest BCUT2D eigenvalue weighted by atomic mass is 10.0. The van der Waals surface area contributed by atoms with Gasteiger partial charge in [-0.2, -0.15) is 0 Å². The summed E-state index contributed by atoms with van der Waals surface area (Å²) in [6.45, 7) is 7.30. The number of carbonyl (C=O) groups excluding carboxylic acids is 2. The van der Waals surface area contributed by atoms with Crippen LogP contribution in [0.3, 0.4) is 0 Å². The van der Waals surface area contributed by atoms with E-state index in [1.54, 1.807) is 20.9 Å². The highest BCUT2D eigenvalue weighted by molar-refractivity contribution is 5.90. The molecule has 0 fully saturated rings. The van der Waals surface area contributed by atoms with Gasteiger partial charge in [-0.3, -0.25) is 9.59 Å². The summed E-state index contributed by atoms with van der Waals surface area (Å²) in [6, 6.07) is 0. The molecule has 2 amide bonds. The second-order valence-electron chi connectivity index (χ2n) is 4.35. The van der Waals surface area contributed by atoms with Crippen LogP contribution in [-0.2, 0) is 9.59 Å². The van der Waals surface area contributed by atoms with Crippen molar-refractivity contribution in [1.82, 2.24) is 10.6 Å². The Labute approximate surface area is 85.4 Å². The molecule has 0 rings (SSSR count). The van der Waals surface area contributed by atoms with Crippen molar-refractivity contribution < 1.29 is 9.59 Å². The van der Waals surface area contributed by atoms with E-state index in [1.807, 2.05) is 13.8 Å². The molecule has 0 bridgehead atoms. The first-order chi connectivity index (χ1) is 6.29. The van der Waals surface area contributed by atoms with E-state index in [9.17, 15) is 9.59 Å². The van der Waals surface area contributed by atoms with Gasteiger partial charge in [0.15, 0.2) is 0 Å². The van der Waals surface area contributed by atoms with Crippen molar-refractivity contribution in [3.05, 3.63) is 0 Å². The van der Waals surface area contributed by atoms with E-state index in [1.165, 1.54) is 0 Å². The molecule has 4 heteroatoms. The fraction of sp³-hybridized carbons (Fsp3) is 0.800. The van der Waals surface area contributed by atoms with Crippen LogP contribution in [0.1, 0.15) is 34.1 Å². The normalized spacial score (nSPS) is 11.3. The maximum atomic E-state index is 11.4. The predicted octanol–water partition coefficient (Wildman–Crippen LogP) is 0.673. The number of likely N-dealkylation sites (N-methyl/N-ethyl adjacent to an activating group) is 1. The summed E-state index contributed by atoms with van der Waals surface area (Å²) in [5.74, 6) is 0.0266. The van der Waals surface area contributed by atoms with Gasteiger partial charge in [-0.05, 0) is 19.8 Å². The number of rotatable bonds is 4. The second kappa shape index (κ2) is 4.98. The zero-order valence-corrected chi connectivity index (χ0v) is 9.60. The quantitative estimate of drug-likeness (QED) is 0.701. The maximum absolute atomic E-state index is 11.4. The van der Waals surface area contributed by atoms with Crippen LogP contribution in [0.15, 0.2) is 0 Å². The summed E-state index contributed by atoms with van der Waals surface area (Å²) in [5, 5.41) is 5.20. The molecule has 0 unspecified atom stereocenters. The van der Waals surface area contributed by atoms with Gasteiger partial charge in [0.05, 0.1) is 0 Å². The topological polar surface area (TPSA) is 58.2 Å². The lowest BCUT2D eigenvalue weighted by molar-refractivity contribution is -0.132. The van der Waals surface area contributed by atoms with Crippen molar-refractivity contribution in [3.8, 4) is 0 Å². The van der Waals surface area contributed by atoms with Crippen molar-refractivity contribution >= 4 is 11.8 Å². The SMILES string of the molecule is CNC(=O)C(C)(C)NC(=O)CC(C)C. The number of carbonyl (C=O) groups is 2. The molecule has 0 atom stereocenters. The van der Waals surface area contributed by atoms with E-state index in [0.717, 1.165) is 0 Å². The minimum absolute atomic E-state index is 0.0893. The fourth-order valence-corrected chi connectivity index (χ4v) is 1.14. The van der Waals surface area contributed by atoms with Crippen LogP contribution < -0.4 is 10.6 Å². The van der Waals surface area contributed by atoms with Crippen LogP contribution in [-0.4, -0.2) is 24.4 Å². The molecule has 0 aliphatic carbocycles. The molecule has 0 aliphatic rings. The Kier molecular flexibility index (Phi) is 4.60. The molecule has 82 valence electrons. The molecule has 0 aliphatic heterocycles. The molecule has 0 aromatic carbocycles. The molecular weight excluding hydrogens is 180 g/mol. The minimum atomic E-state index is -0.833. The maximum Gasteiger partial charge on any atom is 0.244 e. The number of nitrogens with one attached hydrogen (secondary N) is 2. The third-order valence-electron chi connectivity index (χ3n) is 1.84. The van der Waals surface area contributed by atoms with Gasteiger partial charge >= 0.3 is 0 Å². The summed E-state index contributed by atoms with van der Waals surface area (Å²) in [5.41, 5.74) is -0.833. The van der Waals surface area contributed by atoms with Crippen molar-refractivity contribution in [1.29, 1.82) is 0 Å². The first-order valence-corrected chi connectivity index (χ1v) is 4.82. The summed E-state index contributed by atoms with van der Waals surface area (Å²) in [6.07, 6.45) is 0.445. The molecule has 0 spiro atoms. The molecule has 2 N–H and O–H groups in total. The van der Waals surface area contributed by atoms with E-state index < -0.39 is 5.54 Å². The van der Waals surface area contributed by atoms with Gasteiger partial charge in [0.2, 0.25) is 11.8 Å². The Balaban J connectivity index is 4.22. The van der Waals surface area contributed by atoms with Crippen LogP contribution in [0.25, 0.3) is 0 Å². The molecule has 0 aromatic heterocycles. The van der Waals surface area contributed by atoms with Crippen molar-refractivity contribution in [2.45, 2.75) is 39.7 Å². The van der Waals surface area contributed by atoms with Gasteiger partial charge < -0.3 is 10.6 Å². The van der Waals surface area contributed by atoms with Gasteiger partial charge in [0, 0.05) is 13.5 Å². The highest BCUT2D eigenvalue weighted by atomic mass is 16.2. The predicted molar refractivity (Wildman–Crippen MR) is 55.7 cm³/mol. The molecule has 4 nitrogen and oxygen atoms in total. The van der Waals surface area contributed by atoms with Crippen LogP contribution in [0.2, 0.25) is 0 Å². The van der Waals surface area contributed by atoms with Crippen molar-refractivity contribution in [3.63, 3.8) is 0 Å². The Hall–Kier alpha value is -1.06. The highest BCUT2D eigenvalue weighted by Crippen LogP contribution is 2.05. The average Bonchev–Trinajstić information content (AvgIpc) is 1.99. The second-order valence-corrected chi connectivity index (χ2v) is 4.35. The molecule has 0 heterocycles. The first-order valence-electron chi connectivity index (χ1n) is 4.82. The number of hydrogen-bond acceptors (Lipinski definition) is 2. The average molecular weight is 200 g/mol. The summed E-state index contributed by atoms with van der Waals surface area (Å²) < 4.78 is 0. The van der Waals surface area contributed by atoms with E-state index in [4.69, 9.17) is 0 Å². The van der Waals surface area contributed by atoms with E-state index in [2.05, 4.69) is 10.6 Å². The van der Waals surface area contributed by atoms with Gasteiger partial charge in [0.1, 0.15) is 5.54 Å². The summed E-state index contributed by atoms with van der Waals surface area (Å²) >= 11 is 0. The standard InChI is InChI=1S/C10H20N2O2/c1-7(2)6-8(13)12-10(3,4)9(14)11-5/h7H,6H2,1-5H3,(H,11,14)(H,12,13). The monoisotopic (exact) mass is 200 g/mol. The molecule has 0 radical (unpaired) electrons. The van der Waals surface area contributed by atoms with Gasteiger partial charge in [0.25, 0.3) is 0 Å². The smallest absolute Gasteiger partial charge is 0.244 e. The minimum Gasteiger partial charge on any atom is -0.357 e. The van der Waals surface area contributed by atoms with Crippen LogP contribution >= 0.6 is 0 Å². The van der Waals surface area contributed by atoms with Crippen molar-refractivity contribution in [2.24, 2.45) is 5.92 Å². The molecule has 0 aromatic rings. The largest absolute Gasteiger partial charge is 0.357 e. The van der Waals surface area contributed by atoms with Crippen LogP contribution in [0.5, 0.6) is 0 Å².